The number of rotatable bonds is 6. The van der Waals surface area contributed by atoms with E-state index in [1.54, 1.807) is 14.2 Å². The second-order valence-electron chi connectivity index (χ2n) is 6.69. The van der Waals surface area contributed by atoms with Crippen LogP contribution in [0.25, 0.3) is 0 Å². The number of amides is 1. The SMILES string of the molecule is CNC(=O)c1ccc([C@@H]2CCCCN2Cc2nc([C@H](C)OC)no2)n1C. The predicted octanol–water partition coefficient (Wildman–Crippen LogP) is 2.20. The molecule has 3 rings (SSSR count). The molecule has 8 heteroatoms. The van der Waals surface area contributed by atoms with Crippen LogP contribution in [-0.4, -0.2) is 46.2 Å². The summed E-state index contributed by atoms with van der Waals surface area (Å²) in [5, 5.41) is 6.70. The minimum absolute atomic E-state index is 0.0730. The topological polar surface area (TPSA) is 85.4 Å². The molecule has 0 bridgehead atoms. The van der Waals surface area contributed by atoms with Gasteiger partial charge in [0.2, 0.25) is 5.89 Å². The van der Waals surface area contributed by atoms with Crippen LogP contribution in [0.4, 0.5) is 0 Å². The highest BCUT2D eigenvalue weighted by atomic mass is 16.5. The lowest BCUT2D eigenvalue weighted by molar-refractivity contribution is 0.0950. The second kappa shape index (κ2) is 8.01. The third kappa shape index (κ3) is 3.66. The van der Waals surface area contributed by atoms with Crippen LogP contribution in [0.5, 0.6) is 0 Å². The van der Waals surface area contributed by atoms with E-state index in [0.29, 0.717) is 24.0 Å². The van der Waals surface area contributed by atoms with Crippen molar-refractivity contribution in [1.82, 2.24) is 24.9 Å². The van der Waals surface area contributed by atoms with E-state index in [1.807, 2.05) is 30.7 Å². The Hall–Kier alpha value is -2.19. The van der Waals surface area contributed by atoms with Crippen molar-refractivity contribution < 1.29 is 14.1 Å². The van der Waals surface area contributed by atoms with E-state index in [9.17, 15) is 4.79 Å². The van der Waals surface area contributed by atoms with Gasteiger partial charge in [-0.3, -0.25) is 9.69 Å². The van der Waals surface area contributed by atoms with E-state index in [1.165, 1.54) is 0 Å². The molecule has 2 atom stereocenters. The Bertz CT molecular complexity index is 754. The minimum Gasteiger partial charge on any atom is -0.374 e. The van der Waals surface area contributed by atoms with Crippen LogP contribution in [0.1, 0.15) is 66.2 Å². The zero-order valence-corrected chi connectivity index (χ0v) is 15.9. The Morgan fingerprint density at radius 3 is 3.00 bits per heavy atom. The molecule has 0 aromatic carbocycles. The average Bonchev–Trinajstić information content (AvgIpc) is 3.28. The molecule has 1 fully saturated rings. The first-order valence-corrected chi connectivity index (χ1v) is 9.02. The molecule has 1 aliphatic rings. The molecule has 1 aliphatic heterocycles. The first-order chi connectivity index (χ1) is 12.5. The summed E-state index contributed by atoms with van der Waals surface area (Å²) in [5.74, 6) is 1.09. The molecule has 0 spiro atoms. The first-order valence-electron chi connectivity index (χ1n) is 9.02. The van der Waals surface area contributed by atoms with E-state index in [0.717, 1.165) is 31.5 Å². The maximum absolute atomic E-state index is 12.0. The molecule has 1 N–H and O–H groups in total. The highest BCUT2D eigenvalue weighted by Gasteiger charge is 2.29. The molecular weight excluding hydrogens is 334 g/mol. The van der Waals surface area contributed by atoms with Gasteiger partial charge in [-0.1, -0.05) is 11.6 Å². The summed E-state index contributed by atoms with van der Waals surface area (Å²) >= 11 is 0. The maximum atomic E-state index is 12.0. The highest BCUT2D eigenvalue weighted by molar-refractivity contribution is 5.92. The Morgan fingerprint density at radius 2 is 2.27 bits per heavy atom. The average molecular weight is 361 g/mol. The molecular formula is C18H27N5O3. The first kappa shape index (κ1) is 18.6. The van der Waals surface area contributed by atoms with Crippen molar-refractivity contribution in [3.63, 3.8) is 0 Å². The molecule has 0 saturated carbocycles. The molecule has 0 unspecified atom stereocenters. The fourth-order valence-electron chi connectivity index (χ4n) is 3.51. The predicted molar refractivity (Wildman–Crippen MR) is 95.5 cm³/mol. The largest absolute Gasteiger partial charge is 0.374 e. The lowest BCUT2D eigenvalue weighted by Crippen LogP contribution is -2.34. The number of likely N-dealkylation sites (tertiary alicyclic amines) is 1. The summed E-state index contributed by atoms with van der Waals surface area (Å²) in [4.78, 5) is 18.8. The molecule has 26 heavy (non-hydrogen) atoms. The van der Waals surface area contributed by atoms with Gasteiger partial charge < -0.3 is 19.1 Å². The number of carbonyl (C=O) groups excluding carboxylic acids is 1. The number of ether oxygens (including phenoxy) is 1. The lowest BCUT2D eigenvalue weighted by Gasteiger charge is -2.35. The van der Waals surface area contributed by atoms with Crippen molar-refractivity contribution >= 4 is 5.91 Å². The van der Waals surface area contributed by atoms with Crippen LogP contribution in [0.3, 0.4) is 0 Å². The number of hydrogen-bond donors (Lipinski definition) is 1. The molecule has 1 amide bonds. The zero-order valence-electron chi connectivity index (χ0n) is 15.9. The van der Waals surface area contributed by atoms with Crippen molar-refractivity contribution in [2.75, 3.05) is 20.7 Å². The van der Waals surface area contributed by atoms with Crippen molar-refractivity contribution in [3.8, 4) is 0 Å². The van der Waals surface area contributed by atoms with Gasteiger partial charge in [0.05, 0.1) is 12.6 Å². The number of carbonyl (C=O) groups is 1. The number of nitrogens with zero attached hydrogens (tertiary/aromatic N) is 4. The second-order valence-corrected chi connectivity index (χ2v) is 6.69. The molecule has 2 aromatic heterocycles. The minimum atomic E-state index is -0.187. The van der Waals surface area contributed by atoms with Crippen molar-refractivity contribution in [1.29, 1.82) is 0 Å². The van der Waals surface area contributed by atoms with Gasteiger partial charge >= 0.3 is 0 Å². The Labute approximate surface area is 153 Å². The summed E-state index contributed by atoms with van der Waals surface area (Å²) in [5.41, 5.74) is 1.80. The highest BCUT2D eigenvalue weighted by Crippen LogP contribution is 2.32. The van der Waals surface area contributed by atoms with Gasteiger partial charge in [-0.25, -0.2) is 0 Å². The summed E-state index contributed by atoms with van der Waals surface area (Å²) in [6.45, 7) is 3.44. The van der Waals surface area contributed by atoms with Crippen LogP contribution >= 0.6 is 0 Å². The fourth-order valence-corrected chi connectivity index (χ4v) is 3.51. The monoisotopic (exact) mass is 361 g/mol. The van der Waals surface area contributed by atoms with Gasteiger partial charge in [0.1, 0.15) is 11.8 Å². The van der Waals surface area contributed by atoms with E-state index >= 15 is 0 Å². The lowest BCUT2D eigenvalue weighted by atomic mass is 9.99. The molecule has 8 nitrogen and oxygen atoms in total. The molecule has 3 heterocycles. The molecule has 142 valence electrons. The van der Waals surface area contributed by atoms with Gasteiger partial charge in [-0.2, -0.15) is 4.98 Å². The quantitative estimate of drug-likeness (QED) is 0.849. The Kier molecular flexibility index (Phi) is 5.73. The van der Waals surface area contributed by atoms with E-state index in [2.05, 4.69) is 20.4 Å². The number of piperidine rings is 1. The van der Waals surface area contributed by atoms with Crippen LogP contribution in [0, 0.1) is 0 Å². The number of methoxy groups -OCH3 is 1. The molecule has 0 aliphatic carbocycles. The maximum Gasteiger partial charge on any atom is 0.267 e. The van der Waals surface area contributed by atoms with Gasteiger partial charge in [0, 0.05) is 26.9 Å². The van der Waals surface area contributed by atoms with Crippen molar-refractivity contribution in [2.24, 2.45) is 7.05 Å². The van der Waals surface area contributed by atoms with E-state index in [-0.39, 0.29) is 18.1 Å². The van der Waals surface area contributed by atoms with E-state index in [4.69, 9.17) is 9.26 Å². The van der Waals surface area contributed by atoms with E-state index < -0.39 is 0 Å². The summed E-state index contributed by atoms with van der Waals surface area (Å²) in [7, 11) is 5.22. The fraction of sp³-hybridized carbons (Fsp3) is 0.611. The van der Waals surface area contributed by atoms with Crippen LogP contribution < -0.4 is 5.32 Å². The number of nitrogens with one attached hydrogen (secondary N) is 1. The smallest absolute Gasteiger partial charge is 0.267 e. The number of hydrogen-bond acceptors (Lipinski definition) is 6. The van der Waals surface area contributed by atoms with Crippen LogP contribution in [-0.2, 0) is 18.3 Å². The summed E-state index contributed by atoms with van der Waals surface area (Å²) < 4.78 is 12.6. The molecule has 1 saturated heterocycles. The molecule has 0 radical (unpaired) electrons. The molecule has 2 aromatic rings. The Balaban J connectivity index is 1.79. The van der Waals surface area contributed by atoms with Crippen LogP contribution in [0.2, 0.25) is 0 Å². The van der Waals surface area contributed by atoms with Gasteiger partial charge in [-0.15, -0.1) is 0 Å². The van der Waals surface area contributed by atoms with Gasteiger partial charge in [0.25, 0.3) is 5.91 Å². The summed E-state index contributed by atoms with van der Waals surface area (Å²) in [6.07, 6.45) is 3.16. The Morgan fingerprint density at radius 1 is 1.46 bits per heavy atom. The van der Waals surface area contributed by atoms with Gasteiger partial charge in [-0.05, 0) is 38.4 Å². The zero-order chi connectivity index (χ0) is 18.7. The normalized spacial score (nSPS) is 19.5. The van der Waals surface area contributed by atoms with Crippen LogP contribution in [0.15, 0.2) is 16.7 Å². The third-order valence-electron chi connectivity index (χ3n) is 5.11. The summed E-state index contributed by atoms with van der Waals surface area (Å²) in [6, 6.07) is 4.15. The van der Waals surface area contributed by atoms with Gasteiger partial charge in [0.15, 0.2) is 5.82 Å². The van der Waals surface area contributed by atoms with Crippen molar-refractivity contribution in [2.45, 2.75) is 44.9 Å². The number of aromatic nitrogens is 3. The van der Waals surface area contributed by atoms with Crippen molar-refractivity contribution in [3.05, 3.63) is 35.2 Å². The standard InChI is InChI=1S/C18H27N5O3/c1-12(25-4)17-20-16(26-21-17)11-23-10-6-5-7-14(23)13-8-9-15(22(13)3)18(24)19-2/h8-9,12,14H,5-7,10-11H2,1-4H3,(H,19,24)/t12-,14-/m0/s1. The third-order valence-corrected chi connectivity index (χ3v) is 5.11.